The summed E-state index contributed by atoms with van der Waals surface area (Å²) in [7, 11) is 0. The van der Waals surface area contributed by atoms with Gasteiger partial charge in [-0.1, -0.05) is 152 Å². The molecule has 2 heterocycles. The molecule has 0 spiro atoms. The molecule has 11 rings (SSSR count). The second kappa shape index (κ2) is 12.6. The van der Waals surface area contributed by atoms with Crippen molar-refractivity contribution in [1.82, 2.24) is 4.57 Å². The molecule has 0 aliphatic heterocycles. The Morgan fingerprint density at radius 2 is 1.02 bits per heavy atom. The smallest absolute Gasteiger partial charge is 0.137 e. The van der Waals surface area contributed by atoms with Crippen LogP contribution in [0.2, 0.25) is 0 Å². The van der Waals surface area contributed by atoms with E-state index in [-0.39, 0.29) is 0 Å². The van der Waals surface area contributed by atoms with Crippen molar-refractivity contribution in [3.63, 3.8) is 0 Å². The summed E-state index contributed by atoms with van der Waals surface area (Å²) >= 11 is 0. The van der Waals surface area contributed by atoms with Crippen LogP contribution in [-0.2, 0) is 0 Å². The average molecular weight is 703 g/mol. The molecule has 0 fully saturated rings. The molecule has 9 aromatic carbocycles. The molecular formula is C52H34N2O. The maximum Gasteiger partial charge on any atom is 0.137 e. The van der Waals surface area contributed by atoms with E-state index in [2.05, 4.69) is 210 Å². The summed E-state index contributed by atoms with van der Waals surface area (Å²) in [5.74, 6) is 0. The fourth-order valence-electron chi connectivity index (χ4n) is 8.55. The number of aromatic nitrogens is 1. The Hall–Kier alpha value is -7.36. The van der Waals surface area contributed by atoms with Crippen molar-refractivity contribution in [3.8, 4) is 27.9 Å². The van der Waals surface area contributed by atoms with Gasteiger partial charge in [-0.3, -0.25) is 0 Å². The molecule has 0 aliphatic carbocycles. The third-order valence-corrected chi connectivity index (χ3v) is 11.0. The van der Waals surface area contributed by atoms with Gasteiger partial charge in [0.2, 0.25) is 0 Å². The van der Waals surface area contributed by atoms with Crippen molar-refractivity contribution in [2.75, 3.05) is 4.90 Å². The zero-order valence-corrected chi connectivity index (χ0v) is 29.9. The van der Waals surface area contributed by atoms with E-state index in [1.54, 1.807) is 0 Å². The lowest BCUT2D eigenvalue weighted by atomic mass is 9.94. The van der Waals surface area contributed by atoms with Gasteiger partial charge in [-0.15, -0.1) is 0 Å². The highest BCUT2D eigenvalue weighted by Crippen LogP contribution is 2.48. The molecule has 0 atom stereocenters. The minimum Gasteiger partial charge on any atom is -0.456 e. The third kappa shape index (κ3) is 5.05. The minimum atomic E-state index is 0.855. The quantitative estimate of drug-likeness (QED) is 0.172. The first-order chi connectivity index (χ1) is 27.3. The Bertz CT molecular complexity index is 3170. The van der Waals surface area contributed by atoms with Crippen LogP contribution in [-0.4, -0.2) is 4.57 Å². The molecule has 55 heavy (non-hydrogen) atoms. The van der Waals surface area contributed by atoms with Gasteiger partial charge >= 0.3 is 0 Å². The largest absolute Gasteiger partial charge is 0.456 e. The molecule has 258 valence electrons. The molecule has 3 heteroatoms. The maximum atomic E-state index is 6.52. The van der Waals surface area contributed by atoms with Crippen LogP contribution >= 0.6 is 0 Å². The third-order valence-electron chi connectivity index (χ3n) is 11.0. The fraction of sp³-hybridized carbons (Fsp3) is 0. The number of furan rings is 1. The van der Waals surface area contributed by atoms with Crippen LogP contribution in [0.15, 0.2) is 211 Å². The van der Waals surface area contributed by atoms with E-state index in [9.17, 15) is 0 Å². The lowest BCUT2D eigenvalue weighted by molar-refractivity contribution is 0.669. The predicted octanol–water partition coefficient (Wildman–Crippen LogP) is 14.6. The van der Waals surface area contributed by atoms with E-state index in [1.165, 1.54) is 38.1 Å². The Morgan fingerprint density at radius 3 is 1.84 bits per heavy atom. The number of hydrogen-bond acceptors (Lipinski definition) is 2. The monoisotopic (exact) mass is 702 g/mol. The molecule has 3 nitrogen and oxygen atoms in total. The molecule has 2 aromatic heterocycles. The van der Waals surface area contributed by atoms with Crippen LogP contribution in [0.3, 0.4) is 0 Å². The van der Waals surface area contributed by atoms with Gasteiger partial charge in [0.05, 0.1) is 27.8 Å². The number of fused-ring (bicyclic) bond motifs is 7. The molecular weight excluding hydrogens is 669 g/mol. The van der Waals surface area contributed by atoms with E-state index >= 15 is 0 Å². The van der Waals surface area contributed by atoms with Gasteiger partial charge in [0.15, 0.2) is 0 Å². The topological polar surface area (TPSA) is 21.3 Å². The summed E-state index contributed by atoms with van der Waals surface area (Å²) in [5.41, 5.74) is 13.0. The fourth-order valence-corrected chi connectivity index (χ4v) is 8.55. The van der Waals surface area contributed by atoms with Gasteiger partial charge in [-0.05, 0) is 82.1 Å². The number of nitrogens with zero attached hydrogens (tertiary/aromatic N) is 2. The highest BCUT2D eigenvalue weighted by atomic mass is 16.3. The Balaban J connectivity index is 1.23. The van der Waals surface area contributed by atoms with Crippen molar-refractivity contribution >= 4 is 71.6 Å². The average Bonchev–Trinajstić information content (AvgIpc) is 3.80. The molecule has 11 aromatic rings. The molecule has 0 bridgehead atoms. The molecule has 0 saturated heterocycles. The van der Waals surface area contributed by atoms with Gasteiger partial charge in [-0.25, -0.2) is 0 Å². The summed E-state index contributed by atoms with van der Waals surface area (Å²) in [6.45, 7) is 0. The standard InChI is InChI=1S/C52H34N2O/c1-2-15-36(16-3-1)42-32-31-37(41-25-12-18-35-17-4-5-21-40(35)41)33-49(42)54(48-28-14-30-51-52(48)45-24-8-11-29-50(45)55-51)39-20-13-19-38(34-39)53-46-26-9-6-22-43(46)44-23-7-10-27-47(44)53/h1-34H. The zero-order valence-electron chi connectivity index (χ0n) is 29.9. The van der Waals surface area contributed by atoms with E-state index < -0.39 is 0 Å². The first kappa shape index (κ1) is 31.2. The van der Waals surface area contributed by atoms with Crippen LogP contribution in [0.1, 0.15) is 0 Å². The molecule has 0 radical (unpaired) electrons. The molecule has 0 aliphatic rings. The van der Waals surface area contributed by atoms with Crippen molar-refractivity contribution in [1.29, 1.82) is 0 Å². The van der Waals surface area contributed by atoms with Crippen molar-refractivity contribution < 1.29 is 4.42 Å². The van der Waals surface area contributed by atoms with E-state index in [4.69, 9.17) is 4.42 Å². The van der Waals surface area contributed by atoms with Crippen LogP contribution in [0.5, 0.6) is 0 Å². The maximum absolute atomic E-state index is 6.52. The molecule has 0 amide bonds. The summed E-state index contributed by atoms with van der Waals surface area (Å²) in [4.78, 5) is 2.44. The van der Waals surface area contributed by atoms with E-state index in [1.807, 2.05) is 6.07 Å². The lowest BCUT2D eigenvalue weighted by Crippen LogP contribution is -2.12. The van der Waals surface area contributed by atoms with E-state index in [0.717, 1.165) is 61.4 Å². The van der Waals surface area contributed by atoms with Crippen LogP contribution in [0.25, 0.3) is 82.5 Å². The van der Waals surface area contributed by atoms with Crippen LogP contribution in [0.4, 0.5) is 17.1 Å². The normalized spacial score (nSPS) is 11.6. The number of rotatable bonds is 6. The van der Waals surface area contributed by atoms with E-state index in [0.29, 0.717) is 0 Å². The highest BCUT2D eigenvalue weighted by Gasteiger charge is 2.24. The van der Waals surface area contributed by atoms with Crippen LogP contribution in [0, 0.1) is 0 Å². The predicted molar refractivity (Wildman–Crippen MR) is 231 cm³/mol. The summed E-state index contributed by atoms with van der Waals surface area (Å²) in [5, 5.41) is 7.09. The second-order valence-corrected chi connectivity index (χ2v) is 14.1. The van der Waals surface area contributed by atoms with Gasteiger partial charge in [0, 0.05) is 33.1 Å². The minimum absolute atomic E-state index is 0.855. The number of anilines is 3. The zero-order chi connectivity index (χ0) is 36.3. The first-order valence-corrected chi connectivity index (χ1v) is 18.8. The number of hydrogen-bond donors (Lipinski definition) is 0. The van der Waals surface area contributed by atoms with Crippen molar-refractivity contribution in [3.05, 3.63) is 206 Å². The number of para-hydroxylation sites is 3. The summed E-state index contributed by atoms with van der Waals surface area (Å²) < 4.78 is 8.91. The second-order valence-electron chi connectivity index (χ2n) is 14.1. The number of benzene rings is 9. The van der Waals surface area contributed by atoms with Gasteiger partial charge in [-0.2, -0.15) is 0 Å². The Labute approximate surface area is 318 Å². The van der Waals surface area contributed by atoms with Crippen molar-refractivity contribution in [2.24, 2.45) is 0 Å². The summed E-state index contributed by atoms with van der Waals surface area (Å²) in [6.07, 6.45) is 0. The molecule has 0 N–H and O–H groups in total. The highest BCUT2D eigenvalue weighted by molar-refractivity contribution is 6.14. The SMILES string of the molecule is c1ccc(-c2ccc(-c3cccc4ccccc34)cc2N(c2cccc(-n3c4ccccc4c4ccccc43)c2)c2cccc3oc4ccccc4c23)cc1. The Kier molecular flexibility index (Phi) is 7.17. The lowest BCUT2D eigenvalue weighted by Gasteiger charge is -2.30. The summed E-state index contributed by atoms with van der Waals surface area (Å²) in [6, 6.07) is 74.1. The van der Waals surface area contributed by atoms with Gasteiger partial charge in [0.25, 0.3) is 0 Å². The molecule has 0 saturated carbocycles. The van der Waals surface area contributed by atoms with Crippen molar-refractivity contribution in [2.45, 2.75) is 0 Å². The van der Waals surface area contributed by atoms with Gasteiger partial charge in [0.1, 0.15) is 11.2 Å². The first-order valence-electron chi connectivity index (χ1n) is 18.8. The Morgan fingerprint density at radius 1 is 0.382 bits per heavy atom. The van der Waals surface area contributed by atoms with Crippen LogP contribution < -0.4 is 4.90 Å². The van der Waals surface area contributed by atoms with Gasteiger partial charge < -0.3 is 13.9 Å². The molecule has 0 unspecified atom stereocenters.